The number of hydrogen-bond acceptors (Lipinski definition) is 3. The van der Waals surface area contributed by atoms with Gasteiger partial charge in [0.25, 0.3) is 0 Å². The van der Waals surface area contributed by atoms with Crippen LogP contribution in [0.15, 0.2) is 30.3 Å². The zero-order valence-corrected chi connectivity index (χ0v) is 13.1. The van der Waals surface area contributed by atoms with Crippen LogP contribution in [-0.2, 0) is 11.3 Å². The molecule has 1 N–H and O–H groups in total. The third-order valence-corrected chi connectivity index (χ3v) is 4.69. The van der Waals surface area contributed by atoms with E-state index in [1.165, 1.54) is 0 Å². The number of alkyl halides is 2. The molecule has 6 heteroatoms. The van der Waals surface area contributed by atoms with Crippen LogP contribution in [-0.4, -0.2) is 43.1 Å². The van der Waals surface area contributed by atoms with Crippen molar-refractivity contribution in [2.75, 3.05) is 26.2 Å². The van der Waals surface area contributed by atoms with Crippen LogP contribution in [0.25, 0.3) is 0 Å². The largest absolute Gasteiger partial charge is 0.445 e. The third kappa shape index (κ3) is 4.19. The molecule has 1 saturated carbocycles. The number of nitrogens with one attached hydrogen (secondary N) is 1. The summed E-state index contributed by atoms with van der Waals surface area (Å²) in [5.41, 5.74) is 0.757. The number of carbonyl (C=O) groups excluding carboxylic acids is 1. The SMILES string of the molecule is O=C(NCCN1CCC2(C1)CC(F)(F)C2)OCc1ccccc1. The first-order chi connectivity index (χ1) is 11.0. The summed E-state index contributed by atoms with van der Waals surface area (Å²) in [6.45, 7) is 2.93. The van der Waals surface area contributed by atoms with E-state index in [0.717, 1.165) is 18.5 Å². The lowest BCUT2D eigenvalue weighted by molar-refractivity contribution is -0.155. The number of nitrogens with zero attached hydrogens (tertiary/aromatic N) is 1. The summed E-state index contributed by atoms with van der Waals surface area (Å²) in [6, 6.07) is 9.48. The standard InChI is InChI=1S/C17H22F2N2O2/c18-17(19)11-16(12-17)6-8-21(13-16)9-7-20-15(22)23-10-14-4-2-1-3-5-14/h1-5H,6-13H2,(H,20,22). The fraction of sp³-hybridized carbons (Fsp3) is 0.588. The second kappa shape index (κ2) is 6.43. The van der Waals surface area contributed by atoms with E-state index in [0.29, 0.717) is 19.6 Å². The van der Waals surface area contributed by atoms with E-state index in [1.807, 2.05) is 30.3 Å². The van der Waals surface area contributed by atoms with Gasteiger partial charge < -0.3 is 15.0 Å². The van der Waals surface area contributed by atoms with Crippen LogP contribution in [0.1, 0.15) is 24.8 Å². The number of likely N-dealkylation sites (tertiary alicyclic amines) is 1. The molecule has 0 aromatic heterocycles. The van der Waals surface area contributed by atoms with Gasteiger partial charge >= 0.3 is 6.09 Å². The van der Waals surface area contributed by atoms with E-state index in [1.54, 1.807) is 0 Å². The Morgan fingerprint density at radius 2 is 2.00 bits per heavy atom. The first kappa shape index (κ1) is 16.2. The Bertz CT molecular complexity index is 543. The average Bonchev–Trinajstić information content (AvgIpc) is 2.88. The van der Waals surface area contributed by atoms with Crippen LogP contribution in [0, 0.1) is 5.41 Å². The van der Waals surface area contributed by atoms with Crippen LogP contribution in [0.5, 0.6) is 0 Å². The van der Waals surface area contributed by atoms with Crippen molar-refractivity contribution in [3.63, 3.8) is 0 Å². The highest BCUT2D eigenvalue weighted by Gasteiger charge is 2.58. The van der Waals surface area contributed by atoms with E-state index in [2.05, 4.69) is 10.2 Å². The Morgan fingerprint density at radius 1 is 1.26 bits per heavy atom. The molecule has 2 fully saturated rings. The highest BCUT2D eigenvalue weighted by atomic mass is 19.3. The van der Waals surface area contributed by atoms with Gasteiger partial charge in [0.1, 0.15) is 6.61 Å². The molecule has 126 valence electrons. The summed E-state index contributed by atoms with van der Waals surface area (Å²) < 4.78 is 31.2. The van der Waals surface area contributed by atoms with Crippen LogP contribution >= 0.6 is 0 Å². The molecule has 1 spiro atoms. The molecule has 0 unspecified atom stereocenters. The molecule has 1 saturated heterocycles. The number of rotatable bonds is 5. The van der Waals surface area contributed by atoms with Crippen molar-refractivity contribution in [2.24, 2.45) is 5.41 Å². The molecular formula is C17H22F2N2O2. The van der Waals surface area contributed by atoms with Gasteiger partial charge in [0, 0.05) is 32.5 Å². The Balaban J connectivity index is 1.30. The van der Waals surface area contributed by atoms with Crippen molar-refractivity contribution in [2.45, 2.75) is 31.8 Å². The van der Waals surface area contributed by atoms with Gasteiger partial charge in [-0.05, 0) is 23.9 Å². The molecular weight excluding hydrogens is 302 g/mol. The number of amides is 1. The quantitative estimate of drug-likeness (QED) is 0.905. The predicted molar refractivity (Wildman–Crippen MR) is 82.3 cm³/mol. The van der Waals surface area contributed by atoms with Crippen LogP contribution < -0.4 is 5.32 Å². The van der Waals surface area contributed by atoms with Crippen LogP contribution in [0.3, 0.4) is 0 Å². The summed E-state index contributed by atoms with van der Waals surface area (Å²) in [7, 11) is 0. The molecule has 1 heterocycles. The normalized spacial score (nSPS) is 21.8. The maximum atomic E-state index is 13.1. The number of carbonyl (C=O) groups is 1. The molecule has 0 bridgehead atoms. The summed E-state index contributed by atoms with van der Waals surface area (Å²) in [5.74, 6) is -2.46. The first-order valence-corrected chi connectivity index (χ1v) is 8.01. The van der Waals surface area contributed by atoms with Gasteiger partial charge in [-0.3, -0.25) is 0 Å². The van der Waals surface area contributed by atoms with Crippen molar-refractivity contribution in [1.82, 2.24) is 10.2 Å². The summed E-state index contributed by atoms with van der Waals surface area (Å²) >= 11 is 0. The molecule has 23 heavy (non-hydrogen) atoms. The van der Waals surface area contributed by atoms with Crippen molar-refractivity contribution in [3.8, 4) is 0 Å². The smallest absolute Gasteiger partial charge is 0.407 e. The maximum absolute atomic E-state index is 13.1. The highest BCUT2D eigenvalue weighted by Crippen LogP contribution is 2.56. The Morgan fingerprint density at radius 3 is 2.70 bits per heavy atom. The van der Waals surface area contributed by atoms with Gasteiger partial charge in [0.15, 0.2) is 0 Å². The van der Waals surface area contributed by atoms with Crippen molar-refractivity contribution in [1.29, 1.82) is 0 Å². The maximum Gasteiger partial charge on any atom is 0.407 e. The van der Waals surface area contributed by atoms with E-state index in [-0.39, 0.29) is 24.9 Å². The van der Waals surface area contributed by atoms with E-state index >= 15 is 0 Å². The summed E-state index contributed by atoms with van der Waals surface area (Å²) in [4.78, 5) is 13.8. The lowest BCUT2D eigenvalue weighted by Gasteiger charge is -2.44. The van der Waals surface area contributed by atoms with Gasteiger partial charge in [-0.1, -0.05) is 30.3 Å². The highest BCUT2D eigenvalue weighted by molar-refractivity contribution is 5.67. The van der Waals surface area contributed by atoms with Crippen molar-refractivity contribution < 1.29 is 18.3 Å². The Hall–Kier alpha value is -1.69. The Kier molecular flexibility index (Phi) is 4.53. The molecule has 4 nitrogen and oxygen atoms in total. The van der Waals surface area contributed by atoms with Gasteiger partial charge in [-0.2, -0.15) is 0 Å². The van der Waals surface area contributed by atoms with Gasteiger partial charge in [0.05, 0.1) is 0 Å². The second-order valence-electron chi connectivity index (χ2n) is 6.72. The number of halogens is 2. The molecule has 1 aliphatic carbocycles. The monoisotopic (exact) mass is 324 g/mol. The molecule has 3 rings (SSSR count). The van der Waals surface area contributed by atoms with Gasteiger partial charge in [-0.25, -0.2) is 13.6 Å². The van der Waals surface area contributed by atoms with E-state index < -0.39 is 12.0 Å². The number of alkyl carbamates (subject to hydrolysis) is 1. The van der Waals surface area contributed by atoms with Crippen LogP contribution in [0.4, 0.5) is 13.6 Å². The second-order valence-corrected chi connectivity index (χ2v) is 6.72. The van der Waals surface area contributed by atoms with Crippen LogP contribution in [0.2, 0.25) is 0 Å². The Labute approximate surface area is 134 Å². The molecule has 0 atom stereocenters. The average molecular weight is 324 g/mol. The zero-order chi connectivity index (χ0) is 16.3. The summed E-state index contributed by atoms with van der Waals surface area (Å²) in [6.07, 6.45) is 0.422. The topological polar surface area (TPSA) is 41.6 Å². The predicted octanol–water partition coefficient (Wildman–Crippen LogP) is 3.03. The number of ether oxygens (including phenoxy) is 1. The number of hydrogen-bond donors (Lipinski definition) is 1. The van der Waals surface area contributed by atoms with Gasteiger partial charge in [-0.15, -0.1) is 0 Å². The third-order valence-electron chi connectivity index (χ3n) is 4.69. The van der Waals surface area contributed by atoms with Crippen molar-refractivity contribution in [3.05, 3.63) is 35.9 Å². The van der Waals surface area contributed by atoms with Crippen molar-refractivity contribution >= 4 is 6.09 Å². The minimum absolute atomic E-state index is 0.0169. The molecule has 1 aromatic rings. The van der Waals surface area contributed by atoms with E-state index in [4.69, 9.17) is 4.74 Å². The minimum atomic E-state index is -2.46. The lowest BCUT2D eigenvalue weighted by Crippen LogP contribution is -2.48. The zero-order valence-electron chi connectivity index (χ0n) is 13.1. The molecule has 1 aromatic carbocycles. The molecule has 2 aliphatic rings. The van der Waals surface area contributed by atoms with Gasteiger partial charge in [0.2, 0.25) is 5.92 Å². The van der Waals surface area contributed by atoms with E-state index in [9.17, 15) is 13.6 Å². The lowest BCUT2D eigenvalue weighted by atomic mass is 9.65. The fourth-order valence-electron chi connectivity index (χ4n) is 3.64. The summed E-state index contributed by atoms with van der Waals surface area (Å²) in [5, 5.41) is 2.71. The molecule has 0 radical (unpaired) electrons. The number of benzene rings is 1. The molecule has 1 aliphatic heterocycles. The minimum Gasteiger partial charge on any atom is -0.445 e. The molecule has 1 amide bonds. The first-order valence-electron chi connectivity index (χ1n) is 8.01. The fourth-order valence-corrected chi connectivity index (χ4v) is 3.64.